The van der Waals surface area contributed by atoms with E-state index < -0.39 is 28.7 Å². The summed E-state index contributed by atoms with van der Waals surface area (Å²) in [6, 6.07) is 11.2. The van der Waals surface area contributed by atoms with Gasteiger partial charge in [0.2, 0.25) is 0 Å². The molecule has 0 fully saturated rings. The minimum atomic E-state index is -1.21. The smallest absolute Gasteiger partial charge is 0.408 e. The fourth-order valence-corrected chi connectivity index (χ4v) is 2.94. The zero-order valence-corrected chi connectivity index (χ0v) is 17.5. The normalized spacial score (nSPS) is 13.5. The Morgan fingerprint density at radius 3 is 2.11 bits per heavy atom. The van der Waals surface area contributed by atoms with E-state index in [1.54, 1.807) is 69.3 Å². The van der Waals surface area contributed by atoms with Crippen molar-refractivity contribution in [2.75, 3.05) is 0 Å². The molecule has 2 aromatic rings. The fourth-order valence-electron chi connectivity index (χ4n) is 2.55. The van der Waals surface area contributed by atoms with E-state index >= 15 is 0 Å². The zero-order chi connectivity index (χ0) is 20.2. The molecule has 2 aromatic carbocycles. The average Bonchev–Trinajstić information content (AvgIpc) is 2.55. The number of carbonyl (C=O) groups is 1. The van der Waals surface area contributed by atoms with Crippen LogP contribution in [0.15, 0.2) is 53.0 Å². The number of ether oxygens (including phenoxy) is 1. The highest BCUT2D eigenvalue weighted by atomic mass is 79.9. The number of hydrogen-bond acceptors (Lipinski definition) is 4. The Morgan fingerprint density at radius 1 is 1.11 bits per heavy atom. The van der Waals surface area contributed by atoms with Crippen molar-refractivity contribution in [3.05, 3.63) is 79.3 Å². The van der Waals surface area contributed by atoms with E-state index in [1.165, 1.54) is 0 Å². The topological polar surface area (TPSA) is 81.5 Å². The fraction of sp³-hybridized carbons (Fsp3) is 0.316. The molecule has 0 aliphatic rings. The first-order chi connectivity index (χ1) is 12.6. The van der Waals surface area contributed by atoms with Crippen molar-refractivity contribution in [1.82, 2.24) is 5.32 Å². The van der Waals surface area contributed by atoms with E-state index in [-0.39, 0.29) is 0 Å². The molecule has 1 amide bonds. The Bertz CT molecular complexity index is 804. The zero-order valence-electron chi connectivity index (χ0n) is 15.1. The largest absolute Gasteiger partial charge is 0.444 e. The lowest BCUT2D eigenvalue weighted by Crippen LogP contribution is -2.39. The van der Waals surface area contributed by atoms with E-state index in [9.17, 15) is 14.9 Å². The van der Waals surface area contributed by atoms with Gasteiger partial charge in [0.05, 0.1) is 0 Å². The van der Waals surface area contributed by atoms with Crippen molar-refractivity contribution < 1.29 is 14.5 Å². The maximum atomic E-state index is 12.3. The van der Waals surface area contributed by atoms with Crippen LogP contribution in [0, 0.1) is 10.1 Å². The Hall–Kier alpha value is -2.12. The van der Waals surface area contributed by atoms with E-state index in [1.807, 2.05) is 0 Å². The number of benzene rings is 2. The molecule has 2 atom stereocenters. The minimum Gasteiger partial charge on any atom is -0.444 e. The minimum absolute atomic E-state index is 0.423. The van der Waals surface area contributed by atoms with Crippen molar-refractivity contribution in [2.45, 2.75) is 38.5 Å². The molecule has 2 rings (SSSR count). The summed E-state index contributed by atoms with van der Waals surface area (Å²) in [6.45, 7) is 5.18. The molecular formula is C19H20BrClN2O4. The second kappa shape index (κ2) is 8.71. The van der Waals surface area contributed by atoms with Gasteiger partial charge in [-0.15, -0.1) is 0 Å². The quantitative estimate of drug-likeness (QED) is 0.464. The van der Waals surface area contributed by atoms with E-state index in [0.717, 1.165) is 4.47 Å². The number of halogens is 2. The van der Waals surface area contributed by atoms with Gasteiger partial charge in [0.1, 0.15) is 11.6 Å². The highest BCUT2D eigenvalue weighted by molar-refractivity contribution is 9.10. The first-order valence-electron chi connectivity index (χ1n) is 8.21. The average molecular weight is 456 g/mol. The maximum absolute atomic E-state index is 12.3. The molecular weight excluding hydrogens is 436 g/mol. The Morgan fingerprint density at radius 2 is 1.63 bits per heavy atom. The van der Waals surface area contributed by atoms with Gasteiger partial charge in [0, 0.05) is 20.0 Å². The molecule has 6 nitrogen and oxygen atoms in total. The Balaban J connectivity index is 2.44. The summed E-state index contributed by atoms with van der Waals surface area (Å²) in [7, 11) is 0. The monoisotopic (exact) mass is 454 g/mol. The summed E-state index contributed by atoms with van der Waals surface area (Å²) in [6.07, 6.45) is -0.726. The molecule has 0 radical (unpaired) electrons. The third-order valence-electron chi connectivity index (χ3n) is 3.66. The Kier molecular flexibility index (Phi) is 6.84. The lowest BCUT2D eigenvalue weighted by atomic mass is 9.94. The van der Waals surface area contributed by atoms with Gasteiger partial charge in [-0.2, -0.15) is 0 Å². The van der Waals surface area contributed by atoms with Gasteiger partial charge in [0.15, 0.2) is 0 Å². The predicted molar refractivity (Wildman–Crippen MR) is 107 cm³/mol. The second-order valence-electron chi connectivity index (χ2n) is 6.96. The van der Waals surface area contributed by atoms with E-state index in [2.05, 4.69) is 21.2 Å². The van der Waals surface area contributed by atoms with Crippen LogP contribution >= 0.6 is 27.5 Å². The standard InChI is InChI=1S/C19H20BrClN2O4/c1-19(2,3)27-18(24)22-16(12-4-8-14(20)9-5-12)17(23(25)26)13-6-10-15(21)11-7-13/h4-11,16-17H,1-3H3,(H,22,24)/t16-,17+/m1/s1. The summed E-state index contributed by atoms with van der Waals surface area (Å²) in [5.74, 6) is 0. The van der Waals surface area contributed by atoms with Crippen LogP contribution in [0.5, 0.6) is 0 Å². The van der Waals surface area contributed by atoms with Crippen molar-refractivity contribution in [2.24, 2.45) is 0 Å². The van der Waals surface area contributed by atoms with Crippen LogP contribution < -0.4 is 5.32 Å². The summed E-state index contributed by atoms with van der Waals surface area (Å²) in [5.41, 5.74) is 0.285. The molecule has 0 aliphatic heterocycles. The molecule has 0 spiro atoms. The number of nitrogens with one attached hydrogen (secondary N) is 1. The van der Waals surface area contributed by atoms with Crippen molar-refractivity contribution >= 4 is 33.6 Å². The van der Waals surface area contributed by atoms with Gasteiger partial charge in [-0.3, -0.25) is 10.1 Å². The molecule has 0 aromatic heterocycles. The molecule has 144 valence electrons. The van der Waals surface area contributed by atoms with Crippen molar-refractivity contribution in [1.29, 1.82) is 0 Å². The van der Waals surface area contributed by atoms with Gasteiger partial charge in [-0.05, 0) is 50.6 Å². The third-order valence-corrected chi connectivity index (χ3v) is 4.44. The number of nitro groups is 1. The number of amides is 1. The summed E-state index contributed by atoms with van der Waals surface area (Å²) in [5, 5.41) is 15.0. The van der Waals surface area contributed by atoms with Crippen LogP contribution in [-0.2, 0) is 4.74 Å². The molecule has 0 saturated carbocycles. The molecule has 0 heterocycles. The Labute approximate surface area is 171 Å². The summed E-state index contributed by atoms with van der Waals surface area (Å²) >= 11 is 9.25. The van der Waals surface area contributed by atoms with Crippen LogP contribution in [-0.4, -0.2) is 16.6 Å². The van der Waals surface area contributed by atoms with E-state index in [4.69, 9.17) is 16.3 Å². The van der Waals surface area contributed by atoms with Crippen molar-refractivity contribution in [3.8, 4) is 0 Å². The van der Waals surface area contributed by atoms with Crippen LogP contribution in [0.2, 0.25) is 5.02 Å². The van der Waals surface area contributed by atoms with Crippen LogP contribution in [0.25, 0.3) is 0 Å². The third kappa shape index (κ3) is 6.22. The molecule has 0 saturated heterocycles. The molecule has 8 heteroatoms. The highest BCUT2D eigenvalue weighted by Crippen LogP contribution is 2.33. The summed E-state index contributed by atoms with van der Waals surface area (Å²) in [4.78, 5) is 23.8. The number of rotatable bonds is 5. The van der Waals surface area contributed by atoms with Gasteiger partial charge in [-0.25, -0.2) is 4.79 Å². The first-order valence-corrected chi connectivity index (χ1v) is 9.38. The first kappa shape index (κ1) is 21.2. The molecule has 0 bridgehead atoms. The summed E-state index contributed by atoms with van der Waals surface area (Å²) < 4.78 is 6.12. The van der Waals surface area contributed by atoms with Gasteiger partial charge < -0.3 is 10.1 Å². The van der Waals surface area contributed by atoms with Gasteiger partial charge in [-0.1, -0.05) is 51.8 Å². The molecule has 0 unspecified atom stereocenters. The lowest BCUT2D eigenvalue weighted by molar-refractivity contribution is -0.534. The van der Waals surface area contributed by atoms with Crippen molar-refractivity contribution in [3.63, 3.8) is 0 Å². The highest BCUT2D eigenvalue weighted by Gasteiger charge is 2.36. The maximum Gasteiger partial charge on any atom is 0.408 e. The van der Waals surface area contributed by atoms with Crippen LogP contribution in [0.4, 0.5) is 4.79 Å². The van der Waals surface area contributed by atoms with Gasteiger partial charge in [0.25, 0.3) is 6.04 Å². The number of hydrogen-bond donors (Lipinski definition) is 1. The lowest BCUT2D eigenvalue weighted by Gasteiger charge is -2.26. The van der Waals surface area contributed by atoms with Gasteiger partial charge >= 0.3 is 6.09 Å². The van der Waals surface area contributed by atoms with Crippen LogP contribution in [0.3, 0.4) is 0 Å². The molecule has 0 aliphatic carbocycles. The molecule has 1 N–H and O–H groups in total. The predicted octanol–water partition coefficient (Wildman–Crippen LogP) is 5.69. The number of alkyl carbamates (subject to hydrolysis) is 1. The van der Waals surface area contributed by atoms with Crippen LogP contribution in [0.1, 0.15) is 44.0 Å². The number of carbonyl (C=O) groups excluding carboxylic acids is 1. The number of nitrogens with zero attached hydrogens (tertiary/aromatic N) is 1. The SMILES string of the molecule is CC(C)(C)OC(=O)N[C@H](c1ccc(Br)cc1)[C@H](c1ccc(Cl)cc1)[N+](=O)[O-]. The molecule has 27 heavy (non-hydrogen) atoms. The van der Waals surface area contributed by atoms with E-state index in [0.29, 0.717) is 16.1 Å². The second-order valence-corrected chi connectivity index (χ2v) is 8.31.